The van der Waals surface area contributed by atoms with Crippen LogP contribution in [0.3, 0.4) is 0 Å². The van der Waals surface area contributed by atoms with E-state index in [0.717, 1.165) is 32.0 Å². The first-order chi connectivity index (χ1) is 7.75. The Morgan fingerprint density at radius 1 is 1.25 bits per heavy atom. The molecule has 1 saturated heterocycles. The van der Waals surface area contributed by atoms with Gasteiger partial charge in [0, 0.05) is 19.1 Å². The maximum atomic E-state index is 11.1. The summed E-state index contributed by atoms with van der Waals surface area (Å²) in [5.41, 5.74) is 5.31. The van der Waals surface area contributed by atoms with Gasteiger partial charge in [0.05, 0.1) is 0 Å². The number of likely N-dealkylation sites (tertiary alicyclic amines) is 1. The number of nitrogens with zero attached hydrogens (tertiary/aromatic N) is 1. The maximum absolute atomic E-state index is 11.1. The summed E-state index contributed by atoms with van der Waals surface area (Å²) in [4.78, 5) is 12.8. The first-order valence-electron chi connectivity index (χ1n) is 6.53. The number of carbonyl (C=O) groups excluding carboxylic acids is 1. The lowest BCUT2D eigenvalue weighted by molar-refractivity contribution is 0.180. The molecule has 0 aromatic heterocycles. The van der Waals surface area contributed by atoms with Crippen LogP contribution in [0.25, 0.3) is 0 Å². The van der Waals surface area contributed by atoms with Crippen LogP contribution in [0.4, 0.5) is 4.79 Å². The highest BCUT2D eigenvalue weighted by Crippen LogP contribution is 2.24. The van der Waals surface area contributed by atoms with Crippen LogP contribution in [0.5, 0.6) is 0 Å². The second kappa shape index (κ2) is 5.53. The van der Waals surface area contributed by atoms with Crippen LogP contribution in [-0.2, 0) is 0 Å². The molecule has 2 fully saturated rings. The van der Waals surface area contributed by atoms with Crippen molar-refractivity contribution in [2.45, 2.75) is 44.6 Å². The van der Waals surface area contributed by atoms with E-state index in [-0.39, 0.29) is 6.03 Å². The standard InChI is InChI=1S/C12H23N3O/c13-12(16)15-7-3-6-11(9-15)14-8-10-4-1-2-5-10/h10-11,14H,1-9H2,(H2,13,16). The summed E-state index contributed by atoms with van der Waals surface area (Å²) < 4.78 is 0. The van der Waals surface area contributed by atoms with Gasteiger partial charge in [-0.1, -0.05) is 12.8 Å². The van der Waals surface area contributed by atoms with Crippen LogP contribution in [-0.4, -0.2) is 36.6 Å². The third-order valence-electron chi connectivity index (χ3n) is 3.90. The van der Waals surface area contributed by atoms with Crippen molar-refractivity contribution in [1.29, 1.82) is 0 Å². The molecule has 2 aliphatic rings. The molecule has 1 aliphatic carbocycles. The quantitative estimate of drug-likeness (QED) is 0.761. The number of nitrogens with one attached hydrogen (secondary N) is 1. The Balaban J connectivity index is 1.70. The molecule has 0 spiro atoms. The highest BCUT2D eigenvalue weighted by atomic mass is 16.2. The second-order valence-electron chi connectivity index (χ2n) is 5.18. The van der Waals surface area contributed by atoms with E-state index in [1.54, 1.807) is 4.90 Å². The van der Waals surface area contributed by atoms with Crippen LogP contribution in [0.2, 0.25) is 0 Å². The normalized spacial score (nSPS) is 27.2. The van der Waals surface area contributed by atoms with Crippen molar-refractivity contribution in [2.75, 3.05) is 19.6 Å². The third kappa shape index (κ3) is 3.11. The minimum absolute atomic E-state index is 0.271. The van der Waals surface area contributed by atoms with Gasteiger partial charge in [0.15, 0.2) is 0 Å². The van der Waals surface area contributed by atoms with E-state index in [1.165, 1.54) is 32.1 Å². The van der Waals surface area contributed by atoms with Crippen molar-refractivity contribution in [3.05, 3.63) is 0 Å². The number of nitrogens with two attached hydrogens (primary N) is 1. The van der Waals surface area contributed by atoms with Gasteiger partial charge in [0.25, 0.3) is 0 Å². The van der Waals surface area contributed by atoms with Crippen LogP contribution in [0.1, 0.15) is 38.5 Å². The zero-order valence-electron chi connectivity index (χ0n) is 9.95. The summed E-state index contributed by atoms with van der Waals surface area (Å²) in [6.45, 7) is 2.75. The lowest BCUT2D eigenvalue weighted by Crippen LogP contribution is -2.50. The van der Waals surface area contributed by atoms with Crippen molar-refractivity contribution in [3.8, 4) is 0 Å². The molecule has 2 amide bonds. The second-order valence-corrected chi connectivity index (χ2v) is 5.18. The Hall–Kier alpha value is -0.770. The highest BCUT2D eigenvalue weighted by Gasteiger charge is 2.23. The minimum Gasteiger partial charge on any atom is -0.351 e. The van der Waals surface area contributed by atoms with Crippen molar-refractivity contribution in [1.82, 2.24) is 10.2 Å². The first-order valence-corrected chi connectivity index (χ1v) is 6.53. The van der Waals surface area contributed by atoms with Gasteiger partial charge in [-0.3, -0.25) is 0 Å². The molecule has 2 rings (SSSR count). The van der Waals surface area contributed by atoms with E-state index in [1.807, 2.05) is 0 Å². The van der Waals surface area contributed by atoms with Gasteiger partial charge in [-0.05, 0) is 38.1 Å². The maximum Gasteiger partial charge on any atom is 0.314 e. The number of urea groups is 1. The number of hydrogen-bond donors (Lipinski definition) is 2. The third-order valence-corrected chi connectivity index (χ3v) is 3.90. The fourth-order valence-electron chi connectivity index (χ4n) is 2.89. The van der Waals surface area contributed by atoms with Crippen molar-refractivity contribution in [3.63, 3.8) is 0 Å². The van der Waals surface area contributed by atoms with Gasteiger partial charge in [0.1, 0.15) is 0 Å². The molecule has 1 aliphatic heterocycles. The monoisotopic (exact) mass is 225 g/mol. The number of rotatable bonds is 3. The Morgan fingerprint density at radius 2 is 2.00 bits per heavy atom. The van der Waals surface area contributed by atoms with Gasteiger partial charge < -0.3 is 16.0 Å². The number of piperidine rings is 1. The van der Waals surface area contributed by atoms with E-state index in [4.69, 9.17) is 5.73 Å². The van der Waals surface area contributed by atoms with E-state index in [9.17, 15) is 4.79 Å². The van der Waals surface area contributed by atoms with Crippen LogP contribution >= 0.6 is 0 Å². The Labute approximate surface area is 97.6 Å². The Bertz CT molecular complexity index is 238. The van der Waals surface area contributed by atoms with Gasteiger partial charge >= 0.3 is 6.03 Å². The molecule has 1 unspecified atom stereocenters. The number of primary amides is 1. The van der Waals surface area contributed by atoms with Gasteiger partial charge in [-0.25, -0.2) is 4.79 Å². The predicted octanol–water partition coefficient (Wildman–Crippen LogP) is 1.31. The molecule has 4 heteroatoms. The molecule has 4 nitrogen and oxygen atoms in total. The first kappa shape index (κ1) is 11.7. The van der Waals surface area contributed by atoms with E-state index >= 15 is 0 Å². The molecule has 0 bridgehead atoms. The summed E-state index contributed by atoms with van der Waals surface area (Å²) in [7, 11) is 0. The Morgan fingerprint density at radius 3 is 2.69 bits per heavy atom. The van der Waals surface area contributed by atoms with Gasteiger partial charge in [-0.2, -0.15) is 0 Å². The predicted molar refractivity (Wildman–Crippen MR) is 64.1 cm³/mol. The molecule has 0 aromatic carbocycles. The summed E-state index contributed by atoms with van der Waals surface area (Å²) in [5, 5.41) is 3.60. The van der Waals surface area contributed by atoms with Crippen LogP contribution < -0.4 is 11.1 Å². The average Bonchev–Trinajstić information content (AvgIpc) is 2.79. The van der Waals surface area contributed by atoms with E-state index < -0.39 is 0 Å². The molecule has 1 atom stereocenters. The lowest BCUT2D eigenvalue weighted by Gasteiger charge is -2.32. The number of carbonyl (C=O) groups is 1. The van der Waals surface area contributed by atoms with Crippen molar-refractivity contribution in [2.24, 2.45) is 11.7 Å². The molecular formula is C12H23N3O. The summed E-state index contributed by atoms with van der Waals surface area (Å²) in [6.07, 6.45) is 7.79. The fraction of sp³-hybridized carbons (Fsp3) is 0.917. The molecule has 3 N–H and O–H groups in total. The van der Waals surface area contributed by atoms with Crippen LogP contribution in [0, 0.1) is 5.92 Å². The molecular weight excluding hydrogens is 202 g/mol. The highest BCUT2D eigenvalue weighted by molar-refractivity contribution is 5.72. The molecule has 0 aromatic rings. The summed E-state index contributed by atoms with van der Waals surface area (Å²) in [6, 6.07) is 0.189. The average molecular weight is 225 g/mol. The fourth-order valence-corrected chi connectivity index (χ4v) is 2.89. The zero-order valence-corrected chi connectivity index (χ0v) is 9.95. The molecule has 0 radical (unpaired) electrons. The van der Waals surface area contributed by atoms with Gasteiger partial charge in [0.2, 0.25) is 0 Å². The minimum atomic E-state index is -0.271. The summed E-state index contributed by atoms with van der Waals surface area (Å²) >= 11 is 0. The number of amides is 2. The lowest BCUT2D eigenvalue weighted by atomic mass is 10.0. The van der Waals surface area contributed by atoms with Crippen molar-refractivity contribution >= 4 is 6.03 Å². The Kier molecular flexibility index (Phi) is 4.04. The van der Waals surface area contributed by atoms with Crippen LogP contribution in [0.15, 0.2) is 0 Å². The summed E-state index contributed by atoms with van der Waals surface area (Å²) in [5.74, 6) is 0.865. The SMILES string of the molecule is NC(=O)N1CCCC(NCC2CCCC2)C1. The molecule has 1 heterocycles. The van der Waals surface area contributed by atoms with E-state index in [2.05, 4.69) is 5.32 Å². The molecule has 1 saturated carbocycles. The van der Waals surface area contributed by atoms with Gasteiger partial charge in [-0.15, -0.1) is 0 Å². The zero-order chi connectivity index (χ0) is 11.4. The smallest absolute Gasteiger partial charge is 0.314 e. The largest absolute Gasteiger partial charge is 0.351 e. The number of hydrogen-bond acceptors (Lipinski definition) is 2. The van der Waals surface area contributed by atoms with Crippen molar-refractivity contribution < 1.29 is 4.79 Å². The molecule has 16 heavy (non-hydrogen) atoms. The van der Waals surface area contributed by atoms with E-state index in [0.29, 0.717) is 6.04 Å². The molecule has 92 valence electrons. The topological polar surface area (TPSA) is 58.4 Å².